The molecule has 0 amide bonds. The van der Waals surface area contributed by atoms with E-state index in [1.807, 2.05) is 5.01 Å². The van der Waals surface area contributed by atoms with Gasteiger partial charge in [0, 0.05) is 6.54 Å². The number of rotatable bonds is 3. The van der Waals surface area contributed by atoms with Crippen molar-refractivity contribution in [2.45, 2.75) is 19.8 Å². The fraction of sp³-hybridized carbons (Fsp3) is 0.714. The molecule has 10 heavy (non-hydrogen) atoms. The third kappa shape index (κ3) is 1.83. The van der Waals surface area contributed by atoms with E-state index in [-0.39, 0.29) is 5.78 Å². The molecule has 0 aromatic carbocycles. The molecule has 0 saturated heterocycles. The lowest BCUT2D eigenvalue weighted by Gasteiger charge is -2.10. The number of hydrogen-bond acceptors (Lipinski definition) is 3. The number of unbranched alkanes of at least 4 members (excludes halogenated alkanes) is 1. The van der Waals surface area contributed by atoms with Crippen molar-refractivity contribution in [3.8, 4) is 0 Å². The number of hydrogen-bond donors (Lipinski definition) is 0. The molecule has 0 unspecified atom stereocenters. The molecule has 3 heteroatoms. The number of hydrazone groups is 1. The Balaban J connectivity index is 2.20. The first kappa shape index (κ1) is 7.25. The van der Waals surface area contributed by atoms with Crippen LogP contribution in [0.3, 0.4) is 0 Å². The lowest BCUT2D eigenvalue weighted by atomic mass is 10.3. The summed E-state index contributed by atoms with van der Waals surface area (Å²) in [4.78, 5) is 10.6. The van der Waals surface area contributed by atoms with Gasteiger partial charge < -0.3 is 0 Å². The molecule has 0 aliphatic carbocycles. The predicted octanol–water partition coefficient (Wildman–Crippen LogP) is 0.657. The van der Waals surface area contributed by atoms with Crippen molar-refractivity contribution in [3.05, 3.63) is 0 Å². The number of ketones is 1. The first-order chi connectivity index (χ1) is 4.83. The van der Waals surface area contributed by atoms with Crippen molar-refractivity contribution in [1.29, 1.82) is 0 Å². The zero-order valence-electron chi connectivity index (χ0n) is 6.21. The Morgan fingerprint density at radius 2 is 2.60 bits per heavy atom. The molecule has 1 aliphatic heterocycles. The summed E-state index contributed by atoms with van der Waals surface area (Å²) in [6.07, 6.45) is 3.67. The topological polar surface area (TPSA) is 32.7 Å². The van der Waals surface area contributed by atoms with Crippen LogP contribution in [-0.4, -0.2) is 30.1 Å². The molecular formula is C7H12N2O. The monoisotopic (exact) mass is 140 g/mol. The number of nitrogens with zero attached hydrogens (tertiary/aromatic N) is 2. The summed E-state index contributed by atoms with van der Waals surface area (Å²) in [7, 11) is 0. The molecule has 1 aliphatic rings. The van der Waals surface area contributed by atoms with Gasteiger partial charge in [0.05, 0.1) is 6.21 Å². The van der Waals surface area contributed by atoms with Crippen LogP contribution in [-0.2, 0) is 4.79 Å². The fourth-order valence-electron chi connectivity index (χ4n) is 0.885. The van der Waals surface area contributed by atoms with Gasteiger partial charge in [-0.15, -0.1) is 0 Å². The van der Waals surface area contributed by atoms with Gasteiger partial charge in [-0.1, -0.05) is 13.3 Å². The SMILES string of the molecule is CCCCN1CC(=O)C=N1. The lowest BCUT2D eigenvalue weighted by Crippen LogP contribution is -2.19. The van der Waals surface area contributed by atoms with E-state index >= 15 is 0 Å². The summed E-state index contributed by atoms with van der Waals surface area (Å²) in [6, 6.07) is 0. The summed E-state index contributed by atoms with van der Waals surface area (Å²) >= 11 is 0. The van der Waals surface area contributed by atoms with Crippen LogP contribution < -0.4 is 0 Å². The van der Waals surface area contributed by atoms with E-state index in [9.17, 15) is 4.79 Å². The van der Waals surface area contributed by atoms with E-state index in [0.29, 0.717) is 6.54 Å². The molecule has 0 radical (unpaired) electrons. The van der Waals surface area contributed by atoms with Crippen molar-refractivity contribution < 1.29 is 4.79 Å². The van der Waals surface area contributed by atoms with Gasteiger partial charge in [0.15, 0.2) is 5.78 Å². The first-order valence-electron chi connectivity index (χ1n) is 3.64. The molecule has 0 atom stereocenters. The van der Waals surface area contributed by atoms with Crippen molar-refractivity contribution in [1.82, 2.24) is 5.01 Å². The van der Waals surface area contributed by atoms with E-state index < -0.39 is 0 Å². The third-order valence-electron chi connectivity index (χ3n) is 1.47. The van der Waals surface area contributed by atoms with Gasteiger partial charge in [-0.3, -0.25) is 9.80 Å². The lowest BCUT2D eigenvalue weighted by molar-refractivity contribution is -0.112. The minimum atomic E-state index is 0.121. The molecule has 0 aromatic rings. The molecule has 1 rings (SSSR count). The van der Waals surface area contributed by atoms with Crippen molar-refractivity contribution >= 4 is 12.0 Å². The Labute approximate surface area is 60.7 Å². The van der Waals surface area contributed by atoms with Crippen LogP contribution in [0.2, 0.25) is 0 Å². The zero-order chi connectivity index (χ0) is 7.40. The van der Waals surface area contributed by atoms with Crippen LogP contribution in [0.25, 0.3) is 0 Å². The van der Waals surface area contributed by atoms with Crippen LogP contribution in [0.15, 0.2) is 5.10 Å². The van der Waals surface area contributed by atoms with Gasteiger partial charge in [-0.2, -0.15) is 5.10 Å². The summed E-state index contributed by atoms with van der Waals surface area (Å²) in [5, 5.41) is 5.72. The summed E-state index contributed by atoms with van der Waals surface area (Å²) < 4.78 is 0. The average molecular weight is 140 g/mol. The maximum atomic E-state index is 10.6. The second-order valence-corrected chi connectivity index (χ2v) is 2.45. The van der Waals surface area contributed by atoms with Gasteiger partial charge >= 0.3 is 0 Å². The molecule has 0 N–H and O–H groups in total. The van der Waals surface area contributed by atoms with Gasteiger partial charge in [-0.25, -0.2) is 0 Å². The largest absolute Gasteiger partial charge is 0.291 e. The van der Waals surface area contributed by atoms with Crippen LogP contribution >= 0.6 is 0 Å². The summed E-state index contributed by atoms with van der Waals surface area (Å²) in [5.41, 5.74) is 0. The Morgan fingerprint density at radius 3 is 3.10 bits per heavy atom. The fourth-order valence-corrected chi connectivity index (χ4v) is 0.885. The van der Waals surface area contributed by atoms with Crippen LogP contribution in [0, 0.1) is 0 Å². The smallest absolute Gasteiger partial charge is 0.196 e. The van der Waals surface area contributed by atoms with Crippen molar-refractivity contribution in [2.24, 2.45) is 5.10 Å². The molecule has 3 nitrogen and oxygen atoms in total. The molecule has 0 saturated carbocycles. The highest BCUT2D eigenvalue weighted by Gasteiger charge is 2.11. The molecule has 0 bridgehead atoms. The van der Waals surface area contributed by atoms with E-state index in [4.69, 9.17) is 0 Å². The van der Waals surface area contributed by atoms with Crippen molar-refractivity contribution in [3.63, 3.8) is 0 Å². The quantitative estimate of drug-likeness (QED) is 0.576. The Bertz CT molecular complexity index is 154. The number of carbonyl (C=O) groups is 1. The van der Waals surface area contributed by atoms with Gasteiger partial charge in [0.2, 0.25) is 0 Å². The average Bonchev–Trinajstić information content (AvgIpc) is 2.31. The first-order valence-corrected chi connectivity index (χ1v) is 3.64. The van der Waals surface area contributed by atoms with E-state index in [0.717, 1.165) is 19.4 Å². The molecule has 1 heterocycles. The highest BCUT2D eigenvalue weighted by Crippen LogP contribution is 1.99. The van der Waals surface area contributed by atoms with Crippen molar-refractivity contribution in [2.75, 3.05) is 13.1 Å². The Kier molecular flexibility index (Phi) is 2.42. The maximum Gasteiger partial charge on any atom is 0.196 e. The summed E-state index contributed by atoms with van der Waals surface area (Å²) in [5.74, 6) is 0.121. The normalized spacial score (nSPS) is 16.9. The Morgan fingerprint density at radius 1 is 1.80 bits per heavy atom. The van der Waals surface area contributed by atoms with Crippen LogP contribution in [0.5, 0.6) is 0 Å². The standard InChI is InChI=1S/C7H12N2O/c1-2-3-4-9-6-7(10)5-8-9/h5H,2-4,6H2,1H3. The van der Waals surface area contributed by atoms with Crippen LogP contribution in [0.4, 0.5) is 0 Å². The second-order valence-electron chi connectivity index (χ2n) is 2.45. The number of Topliss-reactive ketones (excluding diaryl/α,β-unsaturated/α-hetero) is 1. The highest BCUT2D eigenvalue weighted by molar-refractivity contribution is 6.29. The maximum absolute atomic E-state index is 10.6. The molecule has 0 fully saturated rings. The minimum absolute atomic E-state index is 0.121. The molecule has 0 spiro atoms. The van der Waals surface area contributed by atoms with Gasteiger partial charge in [-0.05, 0) is 6.42 Å². The molecule has 0 aromatic heterocycles. The third-order valence-corrected chi connectivity index (χ3v) is 1.47. The Hall–Kier alpha value is -0.860. The van der Waals surface area contributed by atoms with Gasteiger partial charge in [0.1, 0.15) is 6.54 Å². The zero-order valence-corrected chi connectivity index (χ0v) is 6.21. The molecular weight excluding hydrogens is 128 g/mol. The van der Waals surface area contributed by atoms with E-state index in [2.05, 4.69) is 12.0 Å². The van der Waals surface area contributed by atoms with Gasteiger partial charge in [0.25, 0.3) is 0 Å². The highest BCUT2D eigenvalue weighted by atomic mass is 16.1. The van der Waals surface area contributed by atoms with E-state index in [1.54, 1.807) is 0 Å². The number of carbonyl (C=O) groups excluding carboxylic acids is 1. The van der Waals surface area contributed by atoms with Crippen LogP contribution in [0.1, 0.15) is 19.8 Å². The minimum Gasteiger partial charge on any atom is -0.291 e. The second kappa shape index (κ2) is 3.34. The molecule has 56 valence electrons. The predicted molar refractivity (Wildman–Crippen MR) is 40.0 cm³/mol. The van der Waals surface area contributed by atoms with E-state index in [1.165, 1.54) is 6.21 Å². The summed E-state index contributed by atoms with van der Waals surface area (Å²) in [6.45, 7) is 3.53.